The Labute approximate surface area is 145 Å². The van der Waals surface area contributed by atoms with Crippen molar-refractivity contribution >= 4 is 11.6 Å². The van der Waals surface area contributed by atoms with E-state index in [1.54, 1.807) is 0 Å². The fourth-order valence-electron chi connectivity index (χ4n) is 3.44. The lowest BCUT2D eigenvalue weighted by Crippen LogP contribution is -2.38. The third-order valence-corrected chi connectivity index (χ3v) is 4.83. The van der Waals surface area contributed by atoms with E-state index in [2.05, 4.69) is 13.8 Å². The molecule has 0 fully saturated rings. The predicted octanol–water partition coefficient (Wildman–Crippen LogP) is 5.37. The summed E-state index contributed by atoms with van der Waals surface area (Å²) in [5.74, 6) is 0.949. The van der Waals surface area contributed by atoms with Gasteiger partial charge in [0.05, 0.1) is 11.5 Å². The minimum absolute atomic E-state index is 0.0923. The van der Waals surface area contributed by atoms with E-state index in [-0.39, 0.29) is 23.6 Å². The molecule has 0 N–H and O–H groups in total. The molecule has 1 heterocycles. The largest absolute Gasteiger partial charge is 0.489 e. The highest BCUT2D eigenvalue weighted by atomic mass is 16.5. The van der Waals surface area contributed by atoms with Crippen LogP contribution in [0.1, 0.15) is 82.0 Å². The SMILES string of the molecule is CCCCCCC(=O)CCC1C(=O)c2ccccc2OC1CCC. The zero-order chi connectivity index (χ0) is 17.4. The molecule has 0 saturated carbocycles. The Morgan fingerprint density at radius 3 is 2.54 bits per heavy atom. The highest BCUT2D eigenvalue weighted by molar-refractivity contribution is 6.01. The number of hydrogen-bond donors (Lipinski definition) is 0. The molecule has 1 aliphatic rings. The number of fused-ring (bicyclic) bond motifs is 1. The number of para-hydroxylation sites is 1. The smallest absolute Gasteiger partial charge is 0.173 e. The van der Waals surface area contributed by atoms with Gasteiger partial charge in [0.25, 0.3) is 0 Å². The number of rotatable bonds is 10. The second kappa shape index (κ2) is 9.61. The number of carbonyl (C=O) groups excluding carboxylic acids is 2. The van der Waals surface area contributed by atoms with Crippen molar-refractivity contribution in [3.8, 4) is 5.75 Å². The van der Waals surface area contributed by atoms with Gasteiger partial charge in [-0.1, -0.05) is 51.7 Å². The van der Waals surface area contributed by atoms with Crippen LogP contribution in [-0.2, 0) is 4.79 Å². The van der Waals surface area contributed by atoms with Crippen LogP contribution >= 0.6 is 0 Å². The van der Waals surface area contributed by atoms with Crippen molar-refractivity contribution in [2.75, 3.05) is 0 Å². The Hall–Kier alpha value is -1.64. The fraction of sp³-hybridized carbons (Fsp3) is 0.619. The Balaban J connectivity index is 1.94. The third-order valence-electron chi connectivity index (χ3n) is 4.83. The summed E-state index contributed by atoms with van der Waals surface area (Å²) in [4.78, 5) is 24.9. The topological polar surface area (TPSA) is 43.4 Å². The number of ether oxygens (including phenoxy) is 1. The summed E-state index contributed by atoms with van der Waals surface area (Å²) >= 11 is 0. The first-order chi connectivity index (χ1) is 11.7. The summed E-state index contributed by atoms with van der Waals surface area (Å²) in [6, 6.07) is 7.47. The second-order valence-electron chi connectivity index (χ2n) is 6.80. The molecule has 0 bridgehead atoms. The summed E-state index contributed by atoms with van der Waals surface area (Å²) in [6.45, 7) is 4.27. The van der Waals surface area contributed by atoms with Crippen LogP contribution in [0.5, 0.6) is 5.75 Å². The monoisotopic (exact) mass is 330 g/mol. The lowest BCUT2D eigenvalue weighted by atomic mass is 9.83. The zero-order valence-electron chi connectivity index (χ0n) is 15.1. The van der Waals surface area contributed by atoms with Crippen LogP contribution in [0, 0.1) is 5.92 Å². The molecule has 0 amide bonds. The van der Waals surface area contributed by atoms with Gasteiger partial charge in [0.1, 0.15) is 17.6 Å². The van der Waals surface area contributed by atoms with Gasteiger partial charge in [-0.05, 0) is 31.4 Å². The molecular formula is C21H30O3. The summed E-state index contributed by atoms with van der Waals surface area (Å²) in [5.41, 5.74) is 0.672. The van der Waals surface area contributed by atoms with E-state index >= 15 is 0 Å². The van der Waals surface area contributed by atoms with Crippen molar-refractivity contribution in [3.05, 3.63) is 29.8 Å². The van der Waals surface area contributed by atoms with Crippen LogP contribution in [0.25, 0.3) is 0 Å². The van der Waals surface area contributed by atoms with E-state index in [4.69, 9.17) is 4.74 Å². The standard InChI is InChI=1S/C21H30O3/c1-3-5-6-7-11-16(22)14-15-18-19(10-4-2)24-20-13-9-8-12-17(20)21(18)23/h8-9,12-13,18-19H,3-7,10-11,14-15H2,1-2H3. The van der Waals surface area contributed by atoms with Gasteiger partial charge in [0.2, 0.25) is 0 Å². The van der Waals surface area contributed by atoms with Gasteiger partial charge >= 0.3 is 0 Å². The van der Waals surface area contributed by atoms with Gasteiger partial charge in [0, 0.05) is 12.8 Å². The molecule has 2 unspecified atom stereocenters. The fourth-order valence-corrected chi connectivity index (χ4v) is 3.44. The highest BCUT2D eigenvalue weighted by Gasteiger charge is 2.36. The van der Waals surface area contributed by atoms with Gasteiger partial charge in [-0.15, -0.1) is 0 Å². The van der Waals surface area contributed by atoms with Crippen molar-refractivity contribution in [1.29, 1.82) is 0 Å². The average Bonchev–Trinajstić information content (AvgIpc) is 2.59. The highest BCUT2D eigenvalue weighted by Crippen LogP contribution is 2.34. The van der Waals surface area contributed by atoms with Crippen molar-refractivity contribution in [3.63, 3.8) is 0 Å². The van der Waals surface area contributed by atoms with Crippen molar-refractivity contribution < 1.29 is 14.3 Å². The molecule has 2 rings (SSSR count). The minimum Gasteiger partial charge on any atom is -0.489 e. The molecule has 0 spiro atoms. The van der Waals surface area contributed by atoms with E-state index < -0.39 is 0 Å². The molecule has 3 heteroatoms. The molecule has 1 aromatic rings. The third kappa shape index (κ3) is 4.93. The molecule has 1 aromatic carbocycles. The Bertz CT molecular complexity index is 550. The molecule has 24 heavy (non-hydrogen) atoms. The van der Waals surface area contributed by atoms with Gasteiger partial charge in [0.15, 0.2) is 5.78 Å². The van der Waals surface area contributed by atoms with Gasteiger partial charge < -0.3 is 4.74 Å². The lowest BCUT2D eigenvalue weighted by Gasteiger charge is -2.32. The van der Waals surface area contributed by atoms with E-state index in [1.165, 1.54) is 12.8 Å². The normalized spacial score (nSPS) is 19.7. The Kier molecular flexibility index (Phi) is 7.48. The van der Waals surface area contributed by atoms with Gasteiger partial charge in [-0.2, -0.15) is 0 Å². The van der Waals surface area contributed by atoms with E-state index in [9.17, 15) is 9.59 Å². The molecule has 132 valence electrons. The maximum atomic E-state index is 12.8. The van der Waals surface area contributed by atoms with Gasteiger partial charge in [-0.25, -0.2) is 0 Å². The van der Waals surface area contributed by atoms with Gasteiger partial charge in [-0.3, -0.25) is 9.59 Å². The summed E-state index contributed by atoms with van der Waals surface area (Å²) in [6.07, 6.45) is 7.97. The number of hydrogen-bond acceptors (Lipinski definition) is 3. The van der Waals surface area contributed by atoms with E-state index in [0.29, 0.717) is 30.6 Å². The first-order valence-corrected chi connectivity index (χ1v) is 9.49. The molecule has 2 atom stereocenters. The average molecular weight is 330 g/mol. The lowest BCUT2D eigenvalue weighted by molar-refractivity contribution is -0.119. The van der Waals surface area contributed by atoms with E-state index in [1.807, 2.05) is 24.3 Å². The van der Waals surface area contributed by atoms with Crippen molar-refractivity contribution in [2.24, 2.45) is 5.92 Å². The predicted molar refractivity (Wildman–Crippen MR) is 96.6 cm³/mol. The van der Waals surface area contributed by atoms with Crippen molar-refractivity contribution in [2.45, 2.75) is 77.7 Å². The Morgan fingerprint density at radius 1 is 1.00 bits per heavy atom. The van der Waals surface area contributed by atoms with Crippen LogP contribution in [0.2, 0.25) is 0 Å². The first kappa shape index (κ1) is 18.7. The molecule has 0 radical (unpaired) electrons. The molecule has 1 aliphatic heterocycles. The molecule has 3 nitrogen and oxygen atoms in total. The van der Waals surface area contributed by atoms with Crippen LogP contribution in [0.15, 0.2) is 24.3 Å². The van der Waals surface area contributed by atoms with E-state index in [0.717, 1.165) is 25.7 Å². The van der Waals surface area contributed by atoms with Crippen LogP contribution in [0.3, 0.4) is 0 Å². The second-order valence-corrected chi connectivity index (χ2v) is 6.80. The quantitative estimate of drug-likeness (QED) is 0.542. The molecule has 0 aliphatic carbocycles. The number of carbonyl (C=O) groups is 2. The summed E-state index contributed by atoms with van der Waals surface area (Å²) < 4.78 is 6.07. The van der Waals surface area contributed by atoms with Crippen LogP contribution in [-0.4, -0.2) is 17.7 Å². The number of unbranched alkanes of at least 4 members (excludes halogenated alkanes) is 3. The number of Topliss-reactive ketones (excluding diaryl/α,β-unsaturated/α-hetero) is 2. The van der Waals surface area contributed by atoms with Crippen LogP contribution in [0.4, 0.5) is 0 Å². The molecular weight excluding hydrogens is 300 g/mol. The maximum Gasteiger partial charge on any atom is 0.173 e. The first-order valence-electron chi connectivity index (χ1n) is 9.49. The van der Waals surface area contributed by atoms with Crippen molar-refractivity contribution in [1.82, 2.24) is 0 Å². The zero-order valence-corrected chi connectivity index (χ0v) is 15.1. The molecule has 0 aromatic heterocycles. The summed E-state index contributed by atoms with van der Waals surface area (Å²) in [5, 5.41) is 0. The maximum absolute atomic E-state index is 12.8. The number of ketones is 2. The minimum atomic E-state index is -0.181. The Morgan fingerprint density at radius 2 is 1.79 bits per heavy atom. The number of benzene rings is 1. The molecule has 0 saturated heterocycles. The summed E-state index contributed by atoms with van der Waals surface area (Å²) in [7, 11) is 0. The van der Waals surface area contributed by atoms with Crippen LogP contribution < -0.4 is 4.74 Å².